The molecule has 0 bridgehead atoms. The maximum atomic E-state index is 14.8. The molecule has 176 valence electrons. The Morgan fingerprint density at radius 2 is 1.91 bits per heavy atom. The van der Waals surface area contributed by atoms with Gasteiger partial charge in [0.15, 0.2) is 6.29 Å². The summed E-state index contributed by atoms with van der Waals surface area (Å²) < 4.78 is 59.1. The number of nitrogens with zero attached hydrogens (tertiary/aromatic N) is 5. The minimum Gasteiger partial charge on any atom is -0.320 e. The Labute approximate surface area is 190 Å². The van der Waals surface area contributed by atoms with Crippen LogP contribution in [-0.4, -0.2) is 30.0 Å². The number of benzene rings is 1. The summed E-state index contributed by atoms with van der Waals surface area (Å²) in [6, 6.07) is 4.72. The van der Waals surface area contributed by atoms with E-state index in [1.165, 1.54) is 6.07 Å². The molecule has 1 aromatic carbocycles. The van der Waals surface area contributed by atoms with Gasteiger partial charge in [0.1, 0.15) is 18.0 Å². The van der Waals surface area contributed by atoms with Gasteiger partial charge < -0.3 is 4.57 Å². The molecule has 4 aromatic rings. The van der Waals surface area contributed by atoms with Gasteiger partial charge >= 0.3 is 11.9 Å². The van der Waals surface area contributed by atoms with E-state index in [0.717, 1.165) is 46.7 Å². The van der Waals surface area contributed by atoms with Crippen molar-refractivity contribution in [3.05, 3.63) is 81.8 Å². The van der Waals surface area contributed by atoms with E-state index >= 15 is 0 Å². The van der Waals surface area contributed by atoms with Crippen molar-refractivity contribution in [1.82, 2.24) is 23.7 Å². The predicted molar refractivity (Wildman–Crippen MR) is 114 cm³/mol. The summed E-state index contributed by atoms with van der Waals surface area (Å²) >= 11 is 0. The molecule has 0 amide bonds. The second-order valence-electron chi connectivity index (χ2n) is 8.55. The third-order valence-electron chi connectivity index (χ3n) is 6.42. The zero-order valence-corrected chi connectivity index (χ0v) is 18.0. The Kier molecular flexibility index (Phi) is 5.14. The Bertz CT molecular complexity index is 1460. The predicted octanol–water partition coefficient (Wildman–Crippen LogP) is 4.12. The molecule has 0 radical (unpaired) electrons. The van der Waals surface area contributed by atoms with Gasteiger partial charge in [-0.3, -0.25) is 13.8 Å². The molecule has 0 N–H and O–H groups in total. The second kappa shape index (κ2) is 7.93. The van der Waals surface area contributed by atoms with Crippen LogP contribution in [0.4, 0.5) is 17.6 Å². The summed E-state index contributed by atoms with van der Waals surface area (Å²) in [4.78, 5) is 24.2. The minimum atomic E-state index is -4.80. The number of aromatic nitrogens is 5. The van der Waals surface area contributed by atoms with E-state index in [-0.39, 0.29) is 29.4 Å². The zero-order chi connectivity index (χ0) is 24.2. The van der Waals surface area contributed by atoms with E-state index in [0.29, 0.717) is 17.5 Å². The largest absolute Gasteiger partial charge is 0.418 e. The second-order valence-corrected chi connectivity index (χ2v) is 8.55. The number of aldehydes is 1. The molecule has 1 atom stereocenters. The number of rotatable bonds is 5. The highest BCUT2D eigenvalue weighted by atomic mass is 19.4. The molecule has 5 rings (SSSR count). The molecule has 1 aliphatic rings. The van der Waals surface area contributed by atoms with Crippen molar-refractivity contribution in [1.29, 1.82) is 0 Å². The highest BCUT2D eigenvalue weighted by Gasteiger charge is 2.35. The molecule has 1 aliphatic carbocycles. The van der Waals surface area contributed by atoms with E-state index in [9.17, 15) is 27.2 Å². The van der Waals surface area contributed by atoms with Gasteiger partial charge in [0.05, 0.1) is 16.8 Å². The fraction of sp³-hybridized carbons (Fsp3) is 0.304. The molecular formula is C23H19F4N5O2. The summed E-state index contributed by atoms with van der Waals surface area (Å²) in [6.07, 6.45) is 1.91. The van der Waals surface area contributed by atoms with Crippen LogP contribution in [0.2, 0.25) is 0 Å². The van der Waals surface area contributed by atoms with Crippen molar-refractivity contribution in [2.75, 3.05) is 0 Å². The Morgan fingerprint density at radius 1 is 1.15 bits per heavy atom. The van der Waals surface area contributed by atoms with Gasteiger partial charge in [-0.05, 0) is 48.6 Å². The van der Waals surface area contributed by atoms with Crippen LogP contribution in [0.3, 0.4) is 0 Å². The summed E-state index contributed by atoms with van der Waals surface area (Å²) in [5.74, 6) is -0.0680. The average Bonchev–Trinajstić information content (AvgIpc) is 3.31. The van der Waals surface area contributed by atoms with Crippen molar-refractivity contribution in [3.63, 3.8) is 0 Å². The van der Waals surface area contributed by atoms with Gasteiger partial charge in [-0.25, -0.2) is 9.18 Å². The van der Waals surface area contributed by atoms with Crippen LogP contribution < -0.4 is 5.69 Å². The van der Waals surface area contributed by atoms with E-state index in [2.05, 4.69) is 10.2 Å². The Balaban J connectivity index is 1.70. The van der Waals surface area contributed by atoms with Crippen molar-refractivity contribution in [3.8, 4) is 5.69 Å². The first-order chi connectivity index (χ1) is 16.2. The molecule has 11 heteroatoms. The van der Waals surface area contributed by atoms with Crippen molar-refractivity contribution in [2.24, 2.45) is 13.0 Å². The molecule has 7 nitrogen and oxygen atoms in total. The maximum Gasteiger partial charge on any atom is 0.418 e. The van der Waals surface area contributed by atoms with Gasteiger partial charge in [-0.2, -0.15) is 13.2 Å². The standard InChI is InChI=1S/C23H19F4N5O2/c1-30-12-28-29-21(30)20(14-3-2-4-14)15-6-16(24)8-17(7-15)31-10-19-18(23(25,26)27)5-13(11-33)9-32(19)22(31)34/h5-12,14,20H,2-4H2,1H3. The maximum absolute atomic E-state index is 14.8. The van der Waals surface area contributed by atoms with Gasteiger partial charge in [0.25, 0.3) is 0 Å². The first-order valence-corrected chi connectivity index (χ1v) is 10.6. The van der Waals surface area contributed by atoms with Crippen molar-refractivity contribution < 1.29 is 22.4 Å². The van der Waals surface area contributed by atoms with Crippen LogP contribution in [0.1, 0.15) is 52.5 Å². The summed E-state index contributed by atoms with van der Waals surface area (Å²) in [5, 5.41) is 8.13. The van der Waals surface area contributed by atoms with Crippen LogP contribution in [0, 0.1) is 11.7 Å². The molecule has 1 saturated carbocycles. The SMILES string of the molecule is Cn1cnnc1C(c1cc(F)cc(-n2cc3c(C(F)(F)F)cc(C=O)cn3c2=O)c1)C1CCC1. The van der Waals surface area contributed by atoms with E-state index in [1.807, 2.05) is 0 Å². The monoisotopic (exact) mass is 473 g/mol. The topological polar surface area (TPSA) is 74.2 Å². The van der Waals surface area contributed by atoms with Gasteiger partial charge in [-0.15, -0.1) is 10.2 Å². The van der Waals surface area contributed by atoms with Gasteiger partial charge in [0, 0.05) is 30.9 Å². The molecular weight excluding hydrogens is 454 g/mol. The summed E-state index contributed by atoms with van der Waals surface area (Å²) in [6.45, 7) is 0. The quantitative estimate of drug-likeness (QED) is 0.323. The fourth-order valence-corrected chi connectivity index (χ4v) is 4.58. The van der Waals surface area contributed by atoms with Crippen LogP contribution in [0.25, 0.3) is 11.2 Å². The highest BCUT2D eigenvalue weighted by molar-refractivity contribution is 5.76. The molecule has 3 heterocycles. The number of hydrogen-bond donors (Lipinski definition) is 0. The first kappa shape index (κ1) is 22.1. The van der Waals surface area contributed by atoms with Gasteiger partial charge in [-0.1, -0.05) is 6.42 Å². The third-order valence-corrected chi connectivity index (χ3v) is 6.42. The van der Waals surface area contributed by atoms with Crippen molar-refractivity contribution >= 4 is 11.8 Å². The van der Waals surface area contributed by atoms with E-state index in [4.69, 9.17) is 0 Å². The molecule has 3 aromatic heterocycles. The molecule has 0 saturated heterocycles. The molecule has 1 fully saturated rings. The zero-order valence-electron chi connectivity index (χ0n) is 18.0. The Morgan fingerprint density at radius 3 is 2.50 bits per heavy atom. The first-order valence-electron chi connectivity index (χ1n) is 10.6. The molecule has 0 aliphatic heterocycles. The van der Waals surface area contributed by atoms with Crippen LogP contribution in [0.5, 0.6) is 0 Å². The normalized spacial score (nSPS) is 15.4. The summed E-state index contributed by atoms with van der Waals surface area (Å²) in [7, 11) is 1.79. The van der Waals surface area contributed by atoms with Crippen molar-refractivity contribution in [2.45, 2.75) is 31.4 Å². The fourth-order valence-electron chi connectivity index (χ4n) is 4.58. The Hall–Kier alpha value is -3.76. The molecule has 34 heavy (non-hydrogen) atoms. The highest BCUT2D eigenvalue weighted by Crippen LogP contribution is 2.43. The number of pyridine rings is 1. The van der Waals surface area contributed by atoms with Crippen LogP contribution in [-0.2, 0) is 13.2 Å². The smallest absolute Gasteiger partial charge is 0.320 e. The number of fused-ring (bicyclic) bond motifs is 1. The average molecular weight is 473 g/mol. The number of hydrogen-bond acceptors (Lipinski definition) is 4. The molecule has 1 unspecified atom stereocenters. The van der Waals surface area contributed by atoms with Gasteiger partial charge in [0.2, 0.25) is 0 Å². The van der Waals surface area contributed by atoms with Crippen LogP contribution in [0.15, 0.2) is 47.8 Å². The van der Waals surface area contributed by atoms with E-state index < -0.39 is 28.8 Å². The van der Waals surface area contributed by atoms with Crippen LogP contribution >= 0.6 is 0 Å². The number of carbonyl (C=O) groups excluding carboxylic acids is 1. The lowest BCUT2D eigenvalue weighted by atomic mass is 9.72. The number of carbonyl (C=O) groups is 1. The lowest BCUT2D eigenvalue weighted by molar-refractivity contribution is -0.136. The minimum absolute atomic E-state index is 0.0796. The lowest BCUT2D eigenvalue weighted by Gasteiger charge is -2.33. The number of imidazole rings is 1. The number of aryl methyl sites for hydroxylation is 1. The third kappa shape index (κ3) is 3.61. The van der Waals surface area contributed by atoms with E-state index in [1.54, 1.807) is 24.0 Å². The molecule has 0 spiro atoms. The number of alkyl halides is 3. The summed E-state index contributed by atoms with van der Waals surface area (Å²) in [5.41, 5.74) is -2.07. The lowest BCUT2D eigenvalue weighted by Crippen LogP contribution is -2.24. The number of halogens is 4.